The van der Waals surface area contributed by atoms with Crippen LogP contribution in [0.15, 0.2) is 0 Å². The first-order chi connectivity index (χ1) is 12.5. The van der Waals surface area contributed by atoms with Gasteiger partial charge in [0.15, 0.2) is 0 Å². The average Bonchev–Trinajstić information content (AvgIpc) is 3.13. The maximum atomic E-state index is 2.91. The predicted octanol–water partition coefficient (Wildman–Crippen LogP) is 4.33. The van der Waals surface area contributed by atoms with E-state index in [1.807, 2.05) is 0 Å². The molecule has 4 rings (SSSR count). The second kappa shape index (κ2) is 6.99. The van der Waals surface area contributed by atoms with Gasteiger partial charge in [-0.15, -0.1) is 0 Å². The van der Waals surface area contributed by atoms with Crippen LogP contribution < -0.4 is 0 Å². The predicted molar refractivity (Wildman–Crippen MR) is 115 cm³/mol. The highest BCUT2D eigenvalue weighted by molar-refractivity contribution is 5.06. The first-order valence-corrected chi connectivity index (χ1v) is 11.8. The average molecular weight is 376 g/mol. The Balaban J connectivity index is 1.36. The van der Waals surface area contributed by atoms with Crippen molar-refractivity contribution in [3.63, 3.8) is 0 Å². The minimum absolute atomic E-state index is 0.308. The zero-order chi connectivity index (χ0) is 19.6. The Morgan fingerprint density at radius 1 is 0.815 bits per heavy atom. The number of nitrogens with zero attached hydrogens (tertiary/aromatic N) is 3. The van der Waals surface area contributed by atoms with Gasteiger partial charge >= 0.3 is 0 Å². The third-order valence-corrected chi connectivity index (χ3v) is 8.48. The van der Waals surface area contributed by atoms with Crippen molar-refractivity contribution < 1.29 is 0 Å². The second-order valence-electron chi connectivity index (χ2n) is 12.3. The van der Waals surface area contributed by atoms with E-state index in [-0.39, 0.29) is 0 Å². The van der Waals surface area contributed by atoms with Crippen LogP contribution in [-0.4, -0.2) is 70.6 Å². The van der Waals surface area contributed by atoms with E-state index >= 15 is 0 Å². The van der Waals surface area contributed by atoms with Crippen molar-refractivity contribution in [2.75, 3.05) is 32.7 Å². The van der Waals surface area contributed by atoms with Crippen molar-refractivity contribution in [3.8, 4) is 0 Å². The van der Waals surface area contributed by atoms with E-state index in [9.17, 15) is 0 Å². The summed E-state index contributed by atoms with van der Waals surface area (Å²) >= 11 is 0. The molecule has 3 saturated heterocycles. The lowest BCUT2D eigenvalue weighted by Crippen LogP contribution is -2.58. The molecule has 2 bridgehead atoms. The third kappa shape index (κ3) is 4.12. The van der Waals surface area contributed by atoms with Crippen molar-refractivity contribution in [2.24, 2.45) is 23.7 Å². The molecule has 4 fully saturated rings. The smallest absolute Gasteiger partial charge is 0.0244 e. The molecule has 0 radical (unpaired) electrons. The highest BCUT2D eigenvalue weighted by atomic mass is 15.4. The fourth-order valence-corrected chi connectivity index (χ4v) is 6.59. The molecule has 4 atom stereocenters. The maximum absolute atomic E-state index is 2.91. The molecule has 3 heteroatoms. The van der Waals surface area contributed by atoms with Gasteiger partial charge in [0.2, 0.25) is 0 Å². The molecule has 0 amide bonds. The van der Waals surface area contributed by atoms with Gasteiger partial charge in [0.05, 0.1) is 0 Å². The monoisotopic (exact) mass is 375 g/mol. The van der Waals surface area contributed by atoms with Crippen LogP contribution in [0.3, 0.4) is 0 Å². The first kappa shape index (κ1) is 20.2. The third-order valence-electron chi connectivity index (χ3n) is 8.48. The summed E-state index contributed by atoms with van der Waals surface area (Å²) in [6.45, 7) is 23.9. The molecule has 3 nitrogen and oxygen atoms in total. The first-order valence-electron chi connectivity index (χ1n) is 11.8. The van der Waals surface area contributed by atoms with Gasteiger partial charge in [0.25, 0.3) is 0 Å². The molecule has 0 aromatic carbocycles. The minimum Gasteiger partial charge on any atom is -0.298 e. The summed E-state index contributed by atoms with van der Waals surface area (Å²) in [4.78, 5) is 8.47. The fourth-order valence-electron chi connectivity index (χ4n) is 6.59. The summed E-state index contributed by atoms with van der Waals surface area (Å²) < 4.78 is 0. The molecule has 0 N–H and O–H groups in total. The quantitative estimate of drug-likeness (QED) is 0.708. The van der Waals surface area contributed by atoms with Gasteiger partial charge < -0.3 is 0 Å². The molecule has 0 aromatic heterocycles. The summed E-state index contributed by atoms with van der Waals surface area (Å²) in [5, 5.41) is 0. The van der Waals surface area contributed by atoms with Crippen LogP contribution >= 0.6 is 0 Å². The topological polar surface area (TPSA) is 9.72 Å². The SMILES string of the molecule is CC1CN(C(C)(C)C)CC(C)C1CC(C)(C)N1CC2CC1CN2CC1CC1. The molecule has 4 aliphatic rings. The molecular formula is C24H45N3. The number of hydrogen-bond acceptors (Lipinski definition) is 3. The summed E-state index contributed by atoms with van der Waals surface area (Å²) in [7, 11) is 0. The van der Waals surface area contributed by atoms with Crippen molar-refractivity contribution >= 4 is 0 Å². The van der Waals surface area contributed by atoms with E-state index < -0.39 is 0 Å². The van der Waals surface area contributed by atoms with Crippen LogP contribution in [-0.2, 0) is 0 Å². The Bertz CT molecular complexity index is 520. The largest absolute Gasteiger partial charge is 0.298 e. The van der Waals surface area contributed by atoms with Gasteiger partial charge in [-0.05, 0) is 84.0 Å². The summed E-state index contributed by atoms with van der Waals surface area (Å²) in [5.41, 5.74) is 0.657. The molecular weight excluding hydrogens is 330 g/mol. The lowest BCUT2D eigenvalue weighted by atomic mass is 9.72. The minimum atomic E-state index is 0.308. The van der Waals surface area contributed by atoms with Crippen molar-refractivity contribution in [1.29, 1.82) is 0 Å². The molecule has 0 aromatic rings. The van der Waals surface area contributed by atoms with Crippen molar-refractivity contribution in [3.05, 3.63) is 0 Å². The van der Waals surface area contributed by atoms with E-state index in [1.54, 1.807) is 0 Å². The standard InChI is InChI=1S/C24H45N3/c1-17-12-26(23(3,4)5)13-18(2)22(17)11-24(6,7)27-16-20-10-21(27)15-25(20)14-19-8-9-19/h17-22H,8-16H2,1-7H3. The van der Waals surface area contributed by atoms with Crippen molar-refractivity contribution in [2.45, 2.75) is 97.3 Å². The number of piperidine rings is 1. The van der Waals surface area contributed by atoms with Gasteiger partial charge in [0, 0.05) is 55.9 Å². The highest BCUT2D eigenvalue weighted by Gasteiger charge is 2.50. The molecule has 1 aliphatic carbocycles. The van der Waals surface area contributed by atoms with Crippen LogP contribution in [0, 0.1) is 23.7 Å². The number of likely N-dealkylation sites (tertiary alicyclic amines) is 3. The normalized spacial score (nSPS) is 39.4. The van der Waals surface area contributed by atoms with Gasteiger partial charge in [0.1, 0.15) is 0 Å². The Kier molecular flexibility index (Phi) is 5.22. The van der Waals surface area contributed by atoms with Crippen LogP contribution in [0.1, 0.15) is 74.1 Å². The Labute approximate surface area is 168 Å². The molecule has 3 heterocycles. The van der Waals surface area contributed by atoms with E-state index in [0.29, 0.717) is 11.1 Å². The molecule has 4 unspecified atom stereocenters. The Morgan fingerprint density at radius 2 is 1.44 bits per heavy atom. The molecule has 3 aliphatic heterocycles. The molecule has 0 spiro atoms. The Morgan fingerprint density at radius 3 is 1.93 bits per heavy atom. The lowest BCUT2D eigenvalue weighted by Gasteiger charge is -2.51. The van der Waals surface area contributed by atoms with Crippen LogP contribution in [0.25, 0.3) is 0 Å². The van der Waals surface area contributed by atoms with E-state index in [0.717, 1.165) is 35.8 Å². The second-order valence-corrected chi connectivity index (χ2v) is 12.3. The zero-order valence-corrected chi connectivity index (χ0v) is 19.2. The van der Waals surface area contributed by atoms with Gasteiger partial charge in [-0.1, -0.05) is 13.8 Å². The van der Waals surface area contributed by atoms with E-state index in [4.69, 9.17) is 0 Å². The summed E-state index contributed by atoms with van der Waals surface area (Å²) in [5.74, 6) is 3.51. The number of hydrogen-bond donors (Lipinski definition) is 0. The highest BCUT2D eigenvalue weighted by Crippen LogP contribution is 2.43. The van der Waals surface area contributed by atoms with Crippen LogP contribution in [0.5, 0.6) is 0 Å². The molecule has 156 valence electrons. The number of piperazine rings is 1. The number of fused-ring (bicyclic) bond motifs is 2. The maximum Gasteiger partial charge on any atom is 0.0244 e. The van der Waals surface area contributed by atoms with E-state index in [1.165, 1.54) is 58.4 Å². The molecule has 1 saturated carbocycles. The number of rotatable bonds is 5. The van der Waals surface area contributed by atoms with E-state index in [2.05, 4.69) is 63.2 Å². The summed E-state index contributed by atoms with van der Waals surface area (Å²) in [6, 6.07) is 1.68. The van der Waals surface area contributed by atoms with Gasteiger partial charge in [-0.3, -0.25) is 14.7 Å². The summed E-state index contributed by atoms with van der Waals surface area (Å²) in [6.07, 6.45) is 5.79. The van der Waals surface area contributed by atoms with Crippen molar-refractivity contribution in [1.82, 2.24) is 14.7 Å². The fraction of sp³-hybridized carbons (Fsp3) is 1.00. The van der Waals surface area contributed by atoms with Crippen LogP contribution in [0.2, 0.25) is 0 Å². The zero-order valence-electron chi connectivity index (χ0n) is 19.2. The lowest BCUT2D eigenvalue weighted by molar-refractivity contribution is -0.0227. The van der Waals surface area contributed by atoms with Crippen LogP contribution in [0.4, 0.5) is 0 Å². The van der Waals surface area contributed by atoms with Gasteiger partial charge in [-0.2, -0.15) is 0 Å². The molecule has 27 heavy (non-hydrogen) atoms. The Hall–Kier alpha value is -0.120. The van der Waals surface area contributed by atoms with Gasteiger partial charge in [-0.25, -0.2) is 0 Å².